The van der Waals surface area contributed by atoms with Gasteiger partial charge in [-0.05, 0) is 38.0 Å². The first-order valence-corrected chi connectivity index (χ1v) is 5.80. The maximum atomic E-state index is 11.2. The summed E-state index contributed by atoms with van der Waals surface area (Å²) in [4.78, 5) is 11.2. The Morgan fingerprint density at radius 1 is 1.40 bits per heavy atom. The van der Waals surface area contributed by atoms with Gasteiger partial charge in [-0.3, -0.25) is 4.79 Å². The lowest BCUT2D eigenvalue weighted by molar-refractivity contribution is -0.126. The van der Waals surface area contributed by atoms with Crippen molar-refractivity contribution in [3.63, 3.8) is 0 Å². The van der Waals surface area contributed by atoms with Crippen LogP contribution >= 0.6 is 0 Å². The number of carbonyl (C=O) groups is 1. The van der Waals surface area contributed by atoms with Gasteiger partial charge in [0.05, 0.1) is 11.6 Å². The summed E-state index contributed by atoms with van der Waals surface area (Å²) in [6, 6.07) is 0. The highest BCUT2D eigenvalue weighted by Crippen LogP contribution is 2.32. The Morgan fingerprint density at radius 2 is 2.13 bits per heavy atom. The van der Waals surface area contributed by atoms with Gasteiger partial charge in [0.15, 0.2) is 0 Å². The summed E-state index contributed by atoms with van der Waals surface area (Å²) in [6.07, 6.45) is 5.96. The lowest BCUT2D eigenvalue weighted by atomic mass is 9.80. The fourth-order valence-corrected chi connectivity index (χ4v) is 2.18. The van der Waals surface area contributed by atoms with E-state index in [-0.39, 0.29) is 12.0 Å². The molecule has 4 N–H and O–H groups in total. The molecule has 4 nitrogen and oxygen atoms in total. The van der Waals surface area contributed by atoms with Crippen molar-refractivity contribution in [2.24, 2.45) is 17.4 Å². The second-order valence-electron chi connectivity index (χ2n) is 5.02. The summed E-state index contributed by atoms with van der Waals surface area (Å²) in [7, 11) is 0. The maximum Gasteiger partial charge on any atom is 0.237 e. The molecule has 0 aromatic carbocycles. The second kappa shape index (κ2) is 4.10. The molecule has 0 aromatic rings. The molecule has 15 heavy (non-hydrogen) atoms. The van der Waals surface area contributed by atoms with E-state index in [0.29, 0.717) is 12.8 Å². The monoisotopic (exact) mass is 212 g/mol. The largest absolute Gasteiger partial charge is 0.378 e. The number of nitrogens with two attached hydrogens (primary N) is 2. The van der Waals surface area contributed by atoms with Crippen molar-refractivity contribution in [3.8, 4) is 0 Å². The smallest absolute Gasteiger partial charge is 0.237 e. The predicted octanol–water partition coefficient (Wildman–Crippen LogP) is 0.538. The molecular formula is C11H20N2O2. The van der Waals surface area contributed by atoms with Crippen molar-refractivity contribution < 1.29 is 9.53 Å². The summed E-state index contributed by atoms with van der Waals surface area (Å²) < 4.78 is 5.76. The van der Waals surface area contributed by atoms with Crippen LogP contribution in [0.5, 0.6) is 0 Å². The summed E-state index contributed by atoms with van der Waals surface area (Å²) >= 11 is 0. The Balaban J connectivity index is 1.82. The highest BCUT2D eigenvalue weighted by Gasteiger charge is 2.38. The van der Waals surface area contributed by atoms with Crippen LogP contribution in [0, 0.1) is 5.92 Å². The average Bonchev–Trinajstić information content (AvgIpc) is 2.98. The zero-order valence-electron chi connectivity index (χ0n) is 9.08. The van der Waals surface area contributed by atoms with E-state index < -0.39 is 5.54 Å². The summed E-state index contributed by atoms with van der Waals surface area (Å²) in [5.41, 5.74) is 10.4. The van der Waals surface area contributed by atoms with Gasteiger partial charge in [-0.25, -0.2) is 0 Å². The first kappa shape index (κ1) is 10.9. The molecule has 0 bridgehead atoms. The fraction of sp³-hybridized carbons (Fsp3) is 0.909. The Labute approximate surface area is 90.3 Å². The zero-order chi connectivity index (χ0) is 10.9. The minimum Gasteiger partial charge on any atom is -0.378 e. The van der Waals surface area contributed by atoms with Gasteiger partial charge in [0.1, 0.15) is 0 Å². The molecule has 0 aliphatic heterocycles. The zero-order valence-corrected chi connectivity index (χ0v) is 9.08. The molecule has 0 radical (unpaired) electrons. The number of hydrogen-bond acceptors (Lipinski definition) is 3. The van der Waals surface area contributed by atoms with E-state index in [1.165, 1.54) is 12.8 Å². The van der Waals surface area contributed by atoms with Crippen molar-refractivity contribution in [2.75, 3.05) is 6.61 Å². The minimum absolute atomic E-state index is 0.136. The first-order valence-electron chi connectivity index (χ1n) is 5.80. The van der Waals surface area contributed by atoms with Crippen molar-refractivity contribution in [1.82, 2.24) is 0 Å². The van der Waals surface area contributed by atoms with E-state index in [9.17, 15) is 4.79 Å². The number of ether oxygens (including phenoxy) is 1. The van der Waals surface area contributed by atoms with E-state index >= 15 is 0 Å². The summed E-state index contributed by atoms with van der Waals surface area (Å²) in [5, 5.41) is 0. The van der Waals surface area contributed by atoms with Crippen LogP contribution in [-0.2, 0) is 9.53 Å². The van der Waals surface area contributed by atoms with Gasteiger partial charge in [-0.2, -0.15) is 0 Å². The Bertz CT molecular complexity index is 253. The number of amides is 1. The van der Waals surface area contributed by atoms with Gasteiger partial charge in [0.25, 0.3) is 0 Å². The highest BCUT2D eigenvalue weighted by molar-refractivity contribution is 5.84. The van der Waals surface area contributed by atoms with E-state index in [0.717, 1.165) is 25.4 Å². The van der Waals surface area contributed by atoms with Gasteiger partial charge < -0.3 is 16.2 Å². The molecule has 2 atom stereocenters. The standard InChI is InChI=1S/C11H20N2O2/c12-10(14)11(13)5-1-2-9(6-11)15-7-8-3-4-8/h8-9H,1-7,13H2,(H2,12,14). The summed E-state index contributed by atoms with van der Waals surface area (Å²) in [6.45, 7) is 0.833. The second-order valence-corrected chi connectivity index (χ2v) is 5.02. The Hall–Kier alpha value is -0.610. The van der Waals surface area contributed by atoms with Crippen molar-refractivity contribution in [2.45, 2.75) is 50.2 Å². The molecule has 2 aliphatic carbocycles. The van der Waals surface area contributed by atoms with Crippen LogP contribution in [0.15, 0.2) is 0 Å². The minimum atomic E-state index is -0.827. The molecule has 2 aliphatic rings. The SMILES string of the molecule is NC(=O)C1(N)CCCC(OCC2CC2)C1. The van der Waals surface area contributed by atoms with Gasteiger partial charge in [0.2, 0.25) is 5.91 Å². The topological polar surface area (TPSA) is 78.3 Å². The van der Waals surface area contributed by atoms with E-state index in [1.807, 2.05) is 0 Å². The third kappa shape index (κ3) is 2.69. The van der Waals surface area contributed by atoms with Crippen molar-refractivity contribution in [3.05, 3.63) is 0 Å². The van der Waals surface area contributed by atoms with Crippen molar-refractivity contribution >= 4 is 5.91 Å². The van der Waals surface area contributed by atoms with Gasteiger partial charge in [0, 0.05) is 13.0 Å². The van der Waals surface area contributed by atoms with E-state index in [4.69, 9.17) is 16.2 Å². The molecule has 4 heteroatoms. The number of primary amides is 1. The van der Waals surface area contributed by atoms with Crippen LogP contribution in [0.3, 0.4) is 0 Å². The van der Waals surface area contributed by atoms with Gasteiger partial charge in [-0.15, -0.1) is 0 Å². The van der Waals surface area contributed by atoms with Crippen molar-refractivity contribution in [1.29, 1.82) is 0 Å². The number of hydrogen-bond donors (Lipinski definition) is 2. The molecule has 2 rings (SSSR count). The predicted molar refractivity (Wildman–Crippen MR) is 57.0 cm³/mol. The fourth-order valence-electron chi connectivity index (χ4n) is 2.18. The third-order valence-electron chi connectivity index (χ3n) is 3.50. The van der Waals surface area contributed by atoms with E-state index in [1.54, 1.807) is 0 Å². The quantitative estimate of drug-likeness (QED) is 0.714. The number of rotatable bonds is 4. The van der Waals surface area contributed by atoms with Gasteiger partial charge >= 0.3 is 0 Å². The van der Waals surface area contributed by atoms with Crippen LogP contribution in [0.25, 0.3) is 0 Å². The maximum absolute atomic E-state index is 11.2. The molecule has 0 saturated heterocycles. The lowest BCUT2D eigenvalue weighted by Gasteiger charge is -2.35. The molecule has 2 fully saturated rings. The van der Waals surface area contributed by atoms with Crippen LogP contribution in [0.1, 0.15) is 38.5 Å². The highest BCUT2D eigenvalue weighted by atomic mass is 16.5. The summed E-state index contributed by atoms with van der Waals surface area (Å²) in [5.74, 6) is 0.370. The normalized spacial score (nSPS) is 36.5. The Kier molecular flexibility index (Phi) is 2.98. The molecular weight excluding hydrogens is 192 g/mol. The van der Waals surface area contributed by atoms with E-state index in [2.05, 4.69) is 0 Å². The third-order valence-corrected chi connectivity index (χ3v) is 3.50. The van der Waals surface area contributed by atoms with Crippen LogP contribution in [-0.4, -0.2) is 24.2 Å². The Morgan fingerprint density at radius 3 is 2.73 bits per heavy atom. The van der Waals surface area contributed by atoms with Crippen LogP contribution in [0.2, 0.25) is 0 Å². The molecule has 1 amide bonds. The van der Waals surface area contributed by atoms with Gasteiger partial charge in [-0.1, -0.05) is 0 Å². The molecule has 0 spiro atoms. The molecule has 2 saturated carbocycles. The number of carbonyl (C=O) groups excluding carboxylic acids is 1. The van der Waals surface area contributed by atoms with Crippen LogP contribution in [0.4, 0.5) is 0 Å². The molecule has 0 heterocycles. The van der Waals surface area contributed by atoms with Crippen LogP contribution < -0.4 is 11.5 Å². The lowest BCUT2D eigenvalue weighted by Crippen LogP contribution is -2.56. The molecule has 86 valence electrons. The first-order chi connectivity index (χ1) is 7.10. The average molecular weight is 212 g/mol. The molecule has 2 unspecified atom stereocenters. The molecule has 0 aromatic heterocycles.